The molecule has 0 aromatic heterocycles. The van der Waals surface area contributed by atoms with E-state index in [1.165, 1.54) is 0 Å². The van der Waals surface area contributed by atoms with Gasteiger partial charge in [-0.2, -0.15) is 0 Å². The summed E-state index contributed by atoms with van der Waals surface area (Å²) in [5.41, 5.74) is 0. The molecule has 0 aromatic rings. The van der Waals surface area contributed by atoms with Crippen molar-refractivity contribution >= 4 is 10.0 Å². The molecule has 90 valence electrons. The topological polar surface area (TPSA) is 46.2 Å². The van der Waals surface area contributed by atoms with Crippen LogP contribution in [-0.4, -0.2) is 19.7 Å². The third-order valence-corrected chi connectivity index (χ3v) is 5.24. The van der Waals surface area contributed by atoms with Gasteiger partial charge in [-0.05, 0) is 44.9 Å². The summed E-state index contributed by atoms with van der Waals surface area (Å²) >= 11 is 0. The Hall–Kier alpha value is -0.0900. The van der Waals surface area contributed by atoms with E-state index in [-0.39, 0.29) is 11.3 Å². The molecule has 0 aromatic carbocycles. The second-order valence-electron chi connectivity index (χ2n) is 5.21. The monoisotopic (exact) mass is 233 g/mol. The standard InChI is InChI=1S/C11H23NO2S/c1-8(2)15(13,14)12-11-6-5-9(3)7-10(11)4/h8-12H,5-7H2,1-4H3. The van der Waals surface area contributed by atoms with Crippen molar-refractivity contribution in [1.82, 2.24) is 4.72 Å². The average Bonchev–Trinajstić information content (AvgIpc) is 2.09. The summed E-state index contributed by atoms with van der Waals surface area (Å²) < 4.78 is 26.3. The van der Waals surface area contributed by atoms with Crippen LogP contribution in [0, 0.1) is 11.8 Å². The van der Waals surface area contributed by atoms with Crippen LogP contribution in [0.5, 0.6) is 0 Å². The molecule has 1 aliphatic carbocycles. The van der Waals surface area contributed by atoms with E-state index in [0.717, 1.165) is 25.2 Å². The summed E-state index contributed by atoms with van der Waals surface area (Å²) in [6, 6.07) is 0.147. The van der Waals surface area contributed by atoms with Gasteiger partial charge in [0.15, 0.2) is 0 Å². The van der Waals surface area contributed by atoms with Crippen LogP contribution in [0.1, 0.15) is 47.0 Å². The third-order valence-electron chi connectivity index (χ3n) is 3.37. The Labute approximate surface area is 93.7 Å². The van der Waals surface area contributed by atoms with E-state index >= 15 is 0 Å². The molecule has 1 aliphatic rings. The van der Waals surface area contributed by atoms with Crippen molar-refractivity contribution in [3.63, 3.8) is 0 Å². The average molecular weight is 233 g/mol. The Morgan fingerprint density at radius 2 is 1.80 bits per heavy atom. The van der Waals surface area contributed by atoms with Crippen molar-refractivity contribution in [2.45, 2.75) is 58.2 Å². The molecule has 1 fully saturated rings. The Bertz CT molecular complexity index is 298. The summed E-state index contributed by atoms with van der Waals surface area (Å²) in [6.07, 6.45) is 3.25. The second kappa shape index (κ2) is 4.83. The van der Waals surface area contributed by atoms with Crippen molar-refractivity contribution in [1.29, 1.82) is 0 Å². The van der Waals surface area contributed by atoms with Gasteiger partial charge in [-0.15, -0.1) is 0 Å². The SMILES string of the molecule is CC1CCC(NS(=O)(=O)C(C)C)C(C)C1. The Morgan fingerprint density at radius 3 is 2.27 bits per heavy atom. The largest absolute Gasteiger partial charge is 0.214 e. The molecule has 0 aliphatic heterocycles. The molecule has 3 unspecified atom stereocenters. The first-order valence-electron chi connectivity index (χ1n) is 5.84. The first-order valence-corrected chi connectivity index (χ1v) is 7.38. The van der Waals surface area contributed by atoms with Crippen molar-refractivity contribution in [2.75, 3.05) is 0 Å². The summed E-state index contributed by atoms with van der Waals surface area (Å²) in [5, 5.41) is -0.330. The fourth-order valence-corrected chi connectivity index (χ4v) is 3.23. The predicted octanol–water partition coefficient (Wildman–Crippen LogP) is 2.14. The Morgan fingerprint density at radius 1 is 1.20 bits per heavy atom. The van der Waals surface area contributed by atoms with Crippen LogP contribution in [0.25, 0.3) is 0 Å². The Kier molecular flexibility index (Phi) is 4.18. The quantitative estimate of drug-likeness (QED) is 0.812. The number of hydrogen-bond donors (Lipinski definition) is 1. The van der Waals surface area contributed by atoms with E-state index in [0.29, 0.717) is 5.92 Å². The molecule has 0 radical (unpaired) electrons. The summed E-state index contributed by atoms with van der Waals surface area (Å²) in [7, 11) is -3.10. The fraction of sp³-hybridized carbons (Fsp3) is 1.00. The van der Waals surface area contributed by atoms with Gasteiger partial charge in [-0.3, -0.25) is 0 Å². The highest BCUT2D eigenvalue weighted by atomic mass is 32.2. The second-order valence-corrected chi connectivity index (χ2v) is 7.48. The zero-order chi connectivity index (χ0) is 11.6. The van der Waals surface area contributed by atoms with Crippen LogP contribution in [0.2, 0.25) is 0 Å². The molecule has 3 nitrogen and oxygen atoms in total. The van der Waals surface area contributed by atoms with Crippen molar-refractivity contribution in [3.8, 4) is 0 Å². The normalized spacial score (nSPS) is 33.3. The van der Waals surface area contributed by atoms with Gasteiger partial charge in [-0.25, -0.2) is 13.1 Å². The van der Waals surface area contributed by atoms with E-state index in [2.05, 4.69) is 18.6 Å². The highest BCUT2D eigenvalue weighted by Gasteiger charge is 2.29. The maximum atomic E-state index is 11.7. The molecule has 0 amide bonds. The van der Waals surface area contributed by atoms with Gasteiger partial charge in [0.1, 0.15) is 0 Å². The van der Waals surface area contributed by atoms with Crippen LogP contribution in [-0.2, 0) is 10.0 Å². The molecule has 1 rings (SSSR count). The highest BCUT2D eigenvalue weighted by Crippen LogP contribution is 2.29. The predicted molar refractivity (Wildman–Crippen MR) is 63.2 cm³/mol. The maximum Gasteiger partial charge on any atom is 0.214 e. The molecule has 4 heteroatoms. The third kappa shape index (κ3) is 3.45. The lowest BCUT2D eigenvalue weighted by atomic mass is 9.80. The summed E-state index contributed by atoms with van der Waals surface area (Å²) in [6.45, 7) is 7.82. The molecule has 15 heavy (non-hydrogen) atoms. The molecule has 3 atom stereocenters. The maximum absolute atomic E-state index is 11.7. The van der Waals surface area contributed by atoms with Gasteiger partial charge in [0.2, 0.25) is 10.0 Å². The van der Waals surface area contributed by atoms with Gasteiger partial charge in [0, 0.05) is 6.04 Å². The first-order chi connectivity index (χ1) is 6.83. The highest BCUT2D eigenvalue weighted by molar-refractivity contribution is 7.90. The minimum absolute atomic E-state index is 0.147. The molecule has 0 spiro atoms. The zero-order valence-electron chi connectivity index (χ0n) is 10.2. The minimum Gasteiger partial charge on any atom is -0.212 e. The van der Waals surface area contributed by atoms with E-state index < -0.39 is 10.0 Å². The van der Waals surface area contributed by atoms with Gasteiger partial charge in [-0.1, -0.05) is 13.8 Å². The zero-order valence-corrected chi connectivity index (χ0v) is 11.0. The summed E-state index contributed by atoms with van der Waals surface area (Å²) in [4.78, 5) is 0. The Balaban J connectivity index is 2.59. The van der Waals surface area contributed by atoms with E-state index in [4.69, 9.17) is 0 Å². The van der Waals surface area contributed by atoms with E-state index in [9.17, 15) is 8.42 Å². The lowest BCUT2D eigenvalue weighted by molar-refractivity contribution is 0.249. The van der Waals surface area contributed by atoms with E-state index in [1.807, 2.05) is 0 Å². The van der Waals surface area contributed by atoms with Gasteiger partial charge in [0.05, 0.1) is 5.25 Å². The smallest absolute Gasteiger partial charge is 0.212 e. The molecule has 1 saturated carbocycles. The van der Waals surface area contributed by atoms with Crippen LogP contribution >= 0.6 is 0 Å². The van der Waals surface area contributed by atoms with Crippen molar-refractivity contribution < 1.29 is 8.42 Å². The van der Waals surface area contributed by atoms with E-state index in [1.54, 1.807) is 13.8 Å². The number of sulfonamides is 1. The van der Waals surface area contributed by atoms with Crippen molar-refractivity contribution in [3.05, 3.63) is 0 Å². The molecular formula is C11H23NO2S. The molecular weight excluding hydrogens is 210 g/mol. The summed E-state index contributed by atoms with van der Waals surface area (Å²) in [5.74, 6) is 1.20. The van der Waals surface area contributed by atoms with Crippen LogP contribution in [0.4, 0.5) is 0 Å². The minimum atomic E-state index is -3.10. The van der Waals surface area contributed by atoms with Gasteiger partial charge < -0.3 is 0 Å². The van der Waals surface area contributed by atoms with Crippen LogP contribution in [0.15, 0.2) is 0 Å². The number of rotatable bonds is 3. The van der Waals surface area contributed by atoms with Crippen molar-refractivity contribution in [2.24, 2.45) is 11.8 Å². The number of hydrogen-bond acceptors (Lipinski definition) is 2. The number of nitrogens with one attached hydrogen (secondary N) is 1. The van der Waals surface area contributed by atoms with Gasteiger partial charge in [0.25, 0.3) is 0 Å². The first kappa shape index (κ1) is 13.0. The molecule has 0 bridgehead atoms. The van der Waals surface area contributed by atoms with Crippen LogP contribution in [0.3, 0.4) is 0 Å². The molecule has 1 N–H and O–H groups in total. The lowest BCUT2D eigenvalue weighted by Crippen LogP contribution is -2.44. The lowest BCUT2D eigenvalue weighted by Gasteiger charge is -2.33. The van der Waals surface area contributed by atoms with Crippen LogP contribution < -0.4 is 4.72 Å². The van der Waals surface area contributed by atoms with Gasteiger partial charge >= 0.3 is 0 Å². The molecule has 0 saturated heterocycles. The molecule has 0 heterocycles. The fourth-order valence-electron chi connectivity index (χ4n) is 2.19.